The van der Waals surface area contributed by atoms with Gasteiger partial charge in [-0.1, -0.05) is 35.3 Å². The second-order valence-corrected chi connectivity index (χ2v) is 6.03. The number of benzene rings is 1. The lowest BCUT2D eigenvalue weighted by Gasteiger charge is -2.17. The van der Waals surface area contributed by atoms with Crippen LogP contribution < -0.4 is 5.32 Å². The lowest BCUT2D eigenvalue weighted by atomic mass is 10.1. The SMILES string of the molecule is CC(Nc1ccc2c(n1)CCC2)c1ccc(Cl)cc1Cl. The molecule has 2 nitrogen and oxygen atoms in total. The second kappa shape index (κ2) is 5.63. The Morgan fingerprint density at radius 1 is 1.15 bits per heavy atom. The molecule has 1 aliphatic rings. The summed E-state index contributed by atoms with van der Waals surface area (Å²) in [5.41, 5.74) is 3.63. The number of aromatic nitrogens is 1. The number of hydrogen-bond acceptors (Lipinski definition) is 2. The van der Waals surface area contributed by atoms with Crippen molar-refractivity contribution in [1.29, 1.82) is 0 Å². The first-order chi connectivity index (χ1) is 9.63. The van der Waals surface area contributed by atoms with Gasteiger partial charge in [0.15, 0.2) is 0 Å². The molecule has 0 spiro atoms. The highest BCUT2D eigenvalue weighted by atomic mass is 35.5. The van der Waals surface area contributed by atoms with Crippen LogP contribution in [0.4, 0.5) is 5.82 Å². The van der Waals surface area contributed by atoms with E-state index in [1.54, 1.807) is 6.07 Å². The fourth-order valence-electron chi connectivity index (χ4n) is 2.65. The van der Waals surface area contributed by atoms with Gasteiger partial charge in [-0.05, 0) is 55.5 Å². The van der Waals surface area contributed by atoms with Crippen LogP contribution >= 0.6 is 23.2 Å². The molecule has 0 fully saturated rings. The van der Waals surface area contributed by atoms with Gasteiger partial charge in [0.05, 0.1) is 6.04 Å². The van der Waals surface area contributed by atoms with E-state index < -0.39 is 0 Å². The topological polar surface area (TPSA) is 24.9 Å². The first kappa shape index (κ1) is 13.7. The normalized spacial score (nSPS) is 14.9. The summed E-state index contributed by atoms with van der Waals surface area (Å²) in [6, 6.07) is 9.89. The van der Waals surface area contributed by atoms with Crippen LogP contribution in [0.2, 0.25) is 10.0 Å². The second-order valence-electron chi connectivity index (χ2n) is 5.19. The summed E-state index contributed by atoms with van der Waals surface area (Å²) in [6.07, 6.45) is 3.45. The van der Waals surface area contributed by atoms with Crippen LogP contribution in [0.25, 0.3) is 0 Å². The van der Waals surface area contributed by atoms with E-state index in [-0.39, 0.29) is 6.04 Å². The number of nitrogens with one attached hydrogen (secondary N) is 1. The van der Waals surface area contributed by atoms with Crippen molar-refractivity contribution in [3.8, 4) is 0 Å². The molecule has 0 bridgehead atoms. The van der Waals surface area contributed by atoms with Crippen molar-refractivity contribution < 1.29 is 0 Å². The highest BCUT2D eigenvalue weighted by Gasteiger charge is 2.14. The summed E-state index contributed by atoms with van der Waals surface area (Å²) < 4.78 is 0. The van der Waals surface area contributed by atoms with Gasteiger partial charge in [-0.15, -0.1) is 0 Å². The van der Waals surface area contributed by atoms with Gasteiger partial charge in [0.2, 0.25) is 0 Å². The molecule has 1 heterocycles. The molecule has 2 aromatic rings. The fraction of sp³-hybridized carbons (Fsp3) is 0.312. The number of rotatable bonds is 3. The number of aryl methyl sites for hydroxylation is 2. The Kier molecular flexibility index (Phi) is 3.86. The molecule has 4 heteroatoms. The van der Waals surface area contributed by atoms with Gasteiger partial charge in [-0.25, -0.2) is 4.98 Å². The molecule has 1 aromatic carbocycles. The minimum absolute atomic E-state index is 0.0896. The van der Waals surface area contributed by atoms with Crippen LogP contribution in [-0.4, -0.2) is 4.98 Å². The number of hydrogen-bond donors (Lipinski definition) is 1. The van der Waals surface area contributed by atoms with Gasteiger partial charge >= 0.3 is 0 Å². The maximum Gasteiger partial charge on any atom is 0.126 e. The van der Waals surface area contributed by atoms with Crippen LogP contribution in [0, 0.1) is 0 Å². The Morgan fingerprint density at radius 3 is 2.80 bits per heavy atom. The summed E-state index contributed by atoms with van der Waals surface area (Å²) in [5.74, 6) is 0.907. The Labute approximate surface area is 129 Å². The summed E-state index contributed by atoms with van der Waals surface area (Å²) >= 11 is 12.2. The number of halogens is 2. The maximum absolute atomic E-state index is 6.24. The molecule has 0 radical (unpaired) electrons. The van der Waals surface area contributed by atoms with E-state index in [9.17, 15) is 0 Å². The van der Waals surface area contributed by atoms with Crippen molar-refractivity contribution in [2.75, 3.05) is 5.32 Å². The average Bonchev–Trinajstić information content (AvgIpc) is 2.85. The average molecular weight is 307 g/mol. The third-order valence-electron chi connectivity index (χ3n) is 3.72. The van der Waals surface area contributed by atoms with Crippen molar-refractivity contribution in [2.24, 2.45) is 0 Å². The van der Waals surface area contributed by atoms with Gasteiger partial charge in [-0.2, -0.15) is 0 Å². The Balaban J connectivity index is 1.80. The predicted octanol–water partition coefficient (Wildman–Crippen LogP) is 5.05. The van der Waals surface area contributed by atoms with Crippen LogP contribution in [-0.2, 0) is 12.8 Å². The van der Waals surface area contributed by atoms with Crippen molar-refractivity contribution in [3.63, 3.8) is 0 Å². The first-order valence-corrected chi connectivity index (χ1v) is 7.59. The van der Waals surface area contributed by atoms with Gasteiger partial charge in [0.1, 0.15) is 5.82 Å². The lowest BCUT2D eigenvalue weighted by Crippen LogP contribution is -2.09. The van der Waals surface area contributed by atoms with Crippen molar-refractivity contribution in [1.82, 2.24) is 4.98 Å². The summed E-state index contributed by atoms with van der Waals surface area (Å²) in [5, 5.41) is 4.74. The Bertz CT molecular complexity index is 640. The first-order valence-electron chi connectivity index (χ1n) is 6.84. The molecule has 1 atom stereocenters. The Hall–Kier alpha value is -1.25. The van der Waals surface area contributed by atoms with Crippen LogP contribution in [0.5, 0.6) is 0 Å². The van der Waals surface area contributed by atoms with Gasteiger partial charge in [0.25, 0.3) is 0 Å². The van der Waals surface area contributed by atoms with E-state index in [1.807, 2.05) is 18.2 Å². The monoisotopic (exact) mass is 306 g/mol. The summed E-state index contributed by atoms with van der Waals surface area (Å²) in [7, 11) is 0. The number of fused-ring (bicyclic) bond motifs is 1. The van der Waals surface area contributed by atoms with E-state index in [0.29, 0.717) is 10.0 Å². The smallest absolute Gasteiger partial charge is 0.126 e. The number of pyridine rings is 1. The molecule has 0 amide bonds. The summed E-state index contributed by atoms with van der Waals surface area (Å²) in [6.45, 7) is 2.07. The highest BCUT2D eigenvalue weighted by Crippen LogP contribution is 2.29. The molecule has 1 aliphatic carbocycles. The van der Waals surface area contributed by atoms with E-state index in [2.05, 4.69) is 23.3 Å². The fourth-order valence-corrected chi connectivity index (χ4v) is 3.23. The zero-order chi connectivity index (χ0) is 14.1. The predicted molar refractivity (Wildman–Crippen MR) is 84.8 cm³/mol. The van der Waals surface area contributed by atoms with Crippen molar-refractivity contribution in [2.45, 2.75) is 32.2 Å². The van der Waals surface area contributed by atoms with Crippen LogP contribution in [0.1, 0.15) is 36.2 Å². The number of nitrogens with zero attached hydrogens (tertiary/aromatic N) is 1. The molecule has 1 N–H and O–H groups in total. The third-order valence-corrected chi connectivity index (χ3v) is 4.28. The quantitative estimate of drug-likeness (QED) is 0.858. The van der Waals surface area contributed by atoms with E-state index >= 15 is 0 Å². The molecule has 1 aromatic heterocycles. The van der Waals surface area contributed by atoms with Crippen molar-refractivity contribution in [3.05, 3.63) is 57.2 Å². The molecule has 0 saturated carbocycles. The van der Waals surface area contributed by atoms with Gasteiger partial charge in [0, 0.05) is 15.7 Å². The van der Waals surface area contributed by atoms with Crippen LogP contribution in [0.15, 0.2) is 30.3 Å². The lowest BCUT2D eigenvalue weighted by molar-refractivity contribution is 0.866. The molecule has 0 saturated heterocycles. The van der Waals surface area contributed by atoms with Crippen molar-refractivity contribution >= 4 is 29.0 Å². The maximum atomic E-state index is 6.24. The molecule has 3 rings (SSSR count). The molecule has 104 valence electrons. The molecule has 0 aliphatic heterocycles. The van der Waals surface area contributed by atoms with Crippen LogP contribution in [0.3, 0.4) is 0 Å². The van der Waals surface area contributed by atoms with E-state index in [0.717, 1.165) is 24.2 Å². The Morgan fingerprint density at radius 2 is 2.00 bits per heavy atom. The zero-order valence-corrected chi connectivity index (χ0v) is 12.8. The molecular weight excluding hydrogens is 291 g/mol. The largest absolute Gasteiger partial charge is 0.363 e. The van der Waals surface area contributed by atoms with Gasteiger partial charge < -0.3 is 5.32 Å². The zero-order valence-electron chi connectivity index (χ0n) is 11.3. The van der Waals surface area contributed by atoms with E-state index in [4.69, 9.17) is 23.2 Å². The minimum atomic E-state index is 0.0896. The minimum Gasteiger partial charge on any atom is -0.363 e. The molecular formula is C16H16Cl2N2. The molecule has 1 unspecified atom stereocenters. The standard InChI is InChI=1S/C16H16Cl2N2/c1-10(13-7-6-12(17)9-14(13)18)19-16-8-5-11-3-2-4-15(11)20-16/h5-10H,2-4H2,1H3,(H,19,20). The van der Waals surface area contributed by atoms with E-state index in [1.165, 1.54) is 17.7 Å². The number of anilines is 1. The van der Waals surface area contributed by atoms with Gasteiger partial charge in [-0.3, -0.25) is 0 Å². The molecule has 20 heavy (non-hydrogen) atoms. The highest BCUT2D eigenvalue weighted by molar-refractivity contribution is 6.35. The third kappa shape index (κ3) is 2.77. The summed E-state index contributed by atoms with van der Waals surface area (Å²) in [4.78, 5) is 4.69.